The lowest BCUT2D eigenvalue weighted by atomic mass is 10.1. The average molecular weight is 241 g/mol. The monoisotopic (exact) mass is 240 g/mol. The fraction of sp³-hybridized carbons (Fsp3) is 0.111. The molecular formula is C9H5ClN2O4. The van der Waals surface area contributed by atoms with E-state index in [1.54, 1.807) is 6.07 Å². The van der Waals surface area contributed by atoms with Crippen molar-refractivity contribution >= 4 is 23.1 Å². The number of carbonyl (C=O) groups is 1. The molecule has 0 aliphatic rings. The standard InChI is InChI=1S/C9H5ClN2O4/c10-3-7(13)6-2-1-5(4-11)8(9(6)14)12(15)16/h1-2,14H,3H2. The Kier molecular flexibility index (Phi) is 3.43. The largest absolute Gasteiger partial charge is 0.502 e. The third kappa shape index (κ3) is 1.94. The number of phenols is 1. The van der Waals surface area contributed by atoms with Crippen molar-refractivity contribution in [2.24, 2.45) is 0 Å². The summed E-state index contributed by atoms with van der Waals surface area (Å²) in [5.74, 6) is -1.88. The number of hydrogen-bond acceptors (Lipinski definition) is 5. The summed E-state index contributed by atoms with van der Waals surface area (Å²) >= 11 is 5.27. The van der Waals surface area contributed by atoms with E-state index in [0.29, 0.717) is 0 Å². The van der Waals surface area contributed by atoms with Crippen molar-refractivity contribution in [2.75, 3.05) is 5.88 Å². The van der Waals surface area contributed by atoms with Crippen LogP contribution >= 0.6 is 11.6 Å². The van der Waals surface area contributed by atoms with Crippen LogP contribution in [0.3, 0.4) is 0 Å². The zero-order valence-corrected chi connectivity index (χ0v) is 8.56. The van der Waals surface area contributed by atoms with Crippen LogP contribution in [0.5, 0.6) is 5.75 Å². The molecule has 0 spiro atoms. The van der Waals surface area contributed by atoms with Gasteiger partial charge in [0.15, 0.2) is 5.78 Å². The highest BCUT2D eigenvalue weighted by Crippen LogP contribution is 2.33. The number of nitro groups is 1. The van der Waals surface area contributed by atoms with Gasteiger partial charge in [-0.15, -0.1) is 11.6 Å². The number of nitriles is 1. The zero-order valence-electron chi connectivity index (χ0n) is 7.81. The fourth-order valence-electron chi connectivity index (χ4n) is 1.15. The summed E-state index contributed by atoms with van der Waals surface area (Å²) in [5, 5.41) is 28.7. The van der Waals surface area contributed by atoms with Crippen LogP contribution in [0.4, 0.5) is 5.69 Å². The van der Waals surface area contributed by atoms with Crippen molar-refractivity contribution < 1.29 is 14.8 Å². The van der Waals surface area contributed by atoms with E-state index in [0.717, 1.165) is 12.1 Å². The summed E-state index contributed by atoms with van der Waals surface area (Å²) in [5.41, 5.74) is -1.35. The number of carbonyl (C=O) groups excluding carboxylic acids is 1. The van der Waals surface area contributed by atoms with Crippen molar-refractivity contribution in [3.05, 3.63) is 33.4 Å². The fourth-order valence-corrected chi connectivity index (χ4v) is 1.30. The van der Waals surface area contributed by atoms with Gasteiger partial charge in [-0.3, -0.25) is 14.9 Å². The summed E-state index contributed by atoms with van der Waals surface area (Å²) in [6.45, 7) is 0. The second-order valence-corrected chi connectivity index (χ2v) is 3.05. The molecule has 82 valence electrons. The first-order chi connectivity index (χ1) is 7.52. The van der Waals surface area contributed by atoms with Crippen LogP contribution in [-0.4, -0.2) is 21.7 Å². The molecule has 0 aliphatic heterocycles. The number of alkyl halides is 1. The van der Waals surface area contributed by atoms with Gasteiger partial charge in [0.1, 0.15) is 11.6 Å². The molecule has 1 aromatic carbocycles. The van der Waals surface area contributed by atoms with Crippen molar-refractivity contribution in [3.8, 4) is 11.8 Å². The van der Waals surface area contributed by atoms with Crippen LogP contribution in [0.15, 0.2) is 12.1 Å². The van der Waals surface area contributed by atoms with Gasteiger partial charge in [-0.05, 0) is 12.1 Å². The zero-order chi connectivity index (χ0) is 12.3. The molecule has 0 aliphatic carbocycles. The first kappa shape index (κ1) is 11.9. The van der Waals surface area contributed by atoms with Gasteiger partial charge < -0.3 is 5.11 Å². The number of halogens is 1. The molecule has 16 heavy (non-hydrogen) atoms. The summed E-state index contributed by atoms with van der Waals surface area (Å²) in [4.78, 5) is 20.9. The van der Waals surface area contributed by atoms with Gasteiger partial charge in [-0.2, -0.15) is 5.26 Å². The molecule has 0 radical (unpaired) electrons. The quantitative estimate of drug-likeness (QED) is 0.374. The van der Waals surface area contributed by atoms with Gasteiger partial charge in [0.2, 0.25) is 5.75 Å². The molecule has 6 nitrogen and oxygen atoms in total. The summed E-state index contributed by atoms with van der Waals surface area (Å²) < 4.78 is 0. The molecule has 0 saturated heterocycles. The van der Waals surface area contributed by atoms with E-state index < -0.39 is 28.0 Å². The molecule has 7 heteroatoms. The molecule has 0 amide bonds. The molecule has 0 bridgehead atoms. The third-order valence-electron chi connectivity index (χ3n) is 1.88. The minimum absolute atomic E-state index is 0.263. The van der Waals surface area contributed by atoms with Gasteiger partial charge in [0.25, 0.3) is 0 Å². The molecule has 1 rings (SSSR count). The minimum Gasteiger partial charge on any atom is -0.502 e. The number of nitrogens with zero attached hydrogens (tertiary/aromatic N) is 2. The topological polar surface area (TPSA) is 104 Å². The SMILES string of the molecule is N#Cc1ccc(C(=O)CCl)c(O)c1[N+](=O)[O-]. The summed E-state index contributed by atoms with van der Waals surface area (Å²) in [7, 11) is 0. The third-order valence-corrected chi connectivity index (χ3v) is 2.12. The lowest BCUT2D eigenvalue weighted by molar-refractivity contribution is -0.386. The van der Waals surface area contributed by atoms with Gasteiger partial charge in [-0.25, -0.2) is 0 Å². The Morgan fingerprint density at radius 2 is 2.25 bits per heavy atom. The van der Waals surface area contributed by atoms with Crippen LogP contribution in [0.2, 0.25) is 0 Å². The van der Waals surface area contributed by atoms with E-state index in [2.05, 4.69) is 0 Å². The van der Waals surface area contributed by atoms with Crippen LogP contribution in [0.25, 0.3) is 0 Å². The number of benzene rings is 1. The number of Topliss-reactive ketones (excluding diaryl/α,β-unsaturated/α-hetero) is 1. The van der Waals surface area contributed by atoms with Gasteiger partial charge in [0.05, 0.1) is 16.4 Å². The molecule has 0 unspecified atom stereocenters. The van der Waals surface area contributed by atoms with Crippen molar-refractivity contribution in [3.63, 3.8) is 0 Å². The minimum atomic E-state index is -0.918. The molecule has 0 saturated carbocycles. The highest BCUT2D eigenvalue weighted by Gasteiger charge is 2.25. The molecule has 1 N–H and O–H groups in total. The normalized spacial score (nSPS) is 9.50. The van der Waals surface area contributed by atoms with E-state index in [4.69, 9.17) is 16.9 Å². The van der Waals surface area contributed by atoms with E-state index in [1.807, 2.05) is 0 Å². The lowest BCUT2D eigenvalue weighted by Gasteiger charge is -2.03. The molecule has 0 heterocycles. The summed E-state index contributed by atoms with van der Waals surface area (Å²) in [6, 6.07) is 3.78. The van der Waals surface area contributed by atoms with Crippen LogP contribution in [0, 0.1) is 21.4 Å². The molecular weight excluding hydrogens is 236 g/mol. The molecule has 0 atom stereocenters. The number of rotatable bonds is 3. The van der Waals surface area contributed by atoms with E-state index in [9.17, 15) is 20.0 Å². The van der Waals surface area contributed by atoms with Crippen LogP contribution < -0.4 is 0 Å². The molecule has 0 aromatic heterocycles. The Labute approximate surface area is 94.8 Å². The van der Waals surface area contributed by atoms with Gasteiger partial charge >= 0.3 is 5.69 Å². The summed E-state index contributed by atoms with van der Waals surface area (Å²) in [6.07, 6.45) is 0. The number of ketones is 1. The van der Waals surface area contributed by atoms with Crippen molar-refractivity contribution in [2.45, 2.75) is 0 Å². The number of aromatic hydroxyl groups is 1. The number of nitro benzene ring substituents is 1. The van der Waals surface area contributed by atoms with Gasteiger partial charge in [-0.1, -0.05) is 0 Å². The van der Waals surface area contributed by atoms with Crippen LogP contribution in [-0.2, 0) is 0 Å². The van der Waals surface area contributed by atoms with Gasteiger partial charge in [0, 0.05) is 0 Å². The van der Waals surface area contributed by atoms with Crippen LogP contribution in [0.1, 0.15) is 15.9 Å². The predicted octanol–water partition coefficient (Wildman–Crippen LogP) is 1.59. The predicted molar refractivity (Wildman–Crippen MR) is 54.5 cm³/mol. The van der Waals surface area contributed by atoms with E-state index >= 15 is 0 Å². The maximum atomic E-state index is 11.2. The molecule has 1 aromatic rings. The Hall–Kier alpha value is -2.13. The average Bonchev–Trinajstić information content (AvgIpc) is 2.26. The van der Waals surface area contributed by atoms with E-state index in [-0.39, 0.29) is 11.1 Å². The maximum absolute atomic E-state index is 11.2. The Balaban J connectivity index is 3.51. The highest BCUT2D eigenvalue weighted by atomic mass is 35.5. The maximum Gasteiger partial charge on any atom is 0.329 e. The first-order valence-electron chi connectivity index (χ1n) is 4.02. The highest BCUT2D eigenvalue weighted by molar-refractivity contribution is 6.30. The molecule has 0 fully saturated rings. The lowest BCUT2D eigenvalue weighted by Crippen LogP contribution is -2.03. The van der Waals surface area contributed by atoms with E-state index in [1.165, 1.54) is 0 Å². The smallest absolute Gasteiger partial charge is 0.329 e. The Morgan fingerprint density at radius 1 is 1.62 bits per heavy atom. The Morgan fingerprint density at radius 3 is 2.69 bits per heavy atom. The number of phenolic OH excluding ortho intramolecular Hbond substituents is 1. The van der Waals surface area contributed by atoms with Crippen molar-refractivity contribution in [1.29, 1.82) is 5.26 Å². The van der Waals surface area contributed by atoms with Crippen molar-refractivity contribution in [1.82, 2.24) is 0 Å². The second kappa shape index (κ2) is 4.59. The first-order valence-corrected chi connectivity index (χ1v) is 4.56. The second-order valence-electron chi connectivity index (χ2n) is 2.78. The Bertz CT molecular complexity index is 507. The number of hydrogen-bond donors (Lipinski definition) is 1.